The van der Waals surface area contributed by atoms with Crippen molar-refractivity contribution in [2.24, 2.45) is 5.73 Å². The third-order valence-electron chi connectivity index (χ3n) is 1.90. The number of carbonyl (C=O) groups excluding carboxylic acids is 2. The van der Waals surface area contributed by atoms with Gasteiger partial charge in [0, 0.05) is 9.37 Å². The predicted octanol–water partition coefficient (Wildman–Crippen LogP) is 1.38. The molecule has 0 fully saturated rings. The molecule has 0 aliphatic carbocycles. The SMILES string of the molecule is Cc1cc(Br)ccc1SCC(=O)NOCC(N)=O. The van der Waals surface area contributed by atoms with E-state index in [0.29, 0.717) is 0 Å². The van der Waals surface area contributed by atoms with E-state index in [4.69, 9.17) is 5.73 Å². The normalized spacial score (nSPS) is 10.1. The maximum atomic E-state index is 11.4. The lowest BCUT2D eigenvalue weighted by molar-refractivity contribution is -0.135. The molecule has 1 aromatic rings. The fourth-order valence-corrected chi connectivity index (χ4v) is 2.41. The summed E-state index contributed by atoms with van der Waals surface area (Å²) in [4.78, 5) is 27.3. The Labute approximate surface area is 118 Å². The Morgan fingerprint density at radius 1 is 1.50 bits per heavy atom. The van der Waals surface area contributed by atoms with Gasteiger partial charge in [-0.15, -0.1) is 11.8 Å². The van der Waals surface area contributed by atoms with E-state index in [0.717, 1.165) is 14.9 Å². The van der Waals surface area contributed by atoms with Crippen LogP contribution in [0.2, 0.25) is 0 Å². The summed E-state index contributed by atoms with van der Waals surface area (Å²) < 4.78 is 0.999. The lowest BCUT2D eigenvalue weighted by Crippen LogP contribution is -2.30. The van der Waals surface area contributed by atoms with Gasteiger partial charge in [0.15, 0.2) is 6.61 Å². The van der Waals surface area contributed by atoms with Gasteiger partial charge in [-0.3, -0.25) is 14.4 Å². The number of rotatable bonds is 6. The number of thioether (sulfide) groups is 1. The molecule has 0 aromatic heterocycles. The molecule has 0 aliphatic heterocycles. The maximum Gasteiger partial charge on any atom is 0.253 e. The van der Waals surface area contributed by atoms with Crippen LogP contribution in [0, 0.1) is 6.92 Å². The van der Waals surface area contributed by atoms with E-state index in [-0.39, 0.29) is 18.3 Å². The van der Waals surface area contributed by atoms with Crippen LogP contribution in [0.25, 0.3) is 0 Å². The van der Waals surface area contributed by atoms with Crippen LogP contribution in [0.15, 0.2) is 27.6 Å². The summed E-state index contributed by atoms with van der Waals surface area (Å²) in [6.45, 7) is 1.64. The molecule has 0 unspecified atom stereocenters. The lowest BCUT2D eigenvalue weighted by Gasteiger charge is -2.06. The van der Waals surface area contributed by atoms with E-state index in [1.807, 2.05) is 25.1 Å². The summed E-state index contributed by atoms with van der Waals surface area (Å²) in [6, 6.07) is 5.82. The molecular weight excluding hydrogens is 320 g/mol. The Hall–Kier alpha value is -1.05. The van der Waals surface area contributed by atoms with Crippen molar-refractivity contribution in [2.45, 2.75) is 11.8 Å². The first-order valence-corrected chi connectivity index (χ1v) is 6.85. The topological polar surface area (TPSA) is 81.4 Å². The zero-order valence-corrected chi connectivity index (χ0v) is 12.1. The first kappa shape index (κ1) is 15.0. The van der Waals surface area contributed by atoms with Crippen LogP contribution in [0.4, 0.5) is 0 Å². The van der Waals surface area contributed by atoms with Gasteiger partial charge in [0.1, 0.15) is 0 Å². The van der Waals surface area contributed by atoms with Crippen molar-refractivity contribution in [3.63, 3.8) is 0 Å². The monoisotopic (exact) mass is 332 g/mol. The molecular formula is C11H13BrN2O3S. The third kappa shape index (κ3) is 5.52. The number of nitrogens with one attached hydrogen (secondary N) is 1. The third-order valence-corrected chi connectivity index (χ3v) is 3.57. The number of primary amides is 1. The van der Waals surface area contributed by atoms with Crippen LogP contribution in [0.3, 0.4) is 0 Å². The van der Waals surface area contributed by atoms with Gasteiger partial charge in [-0.2, -0.15) is 0 Å². The van der Waals surface area contributed by atoms with E-state index in [1.165, 1.54) is 11.8 Å². The molecule has 1 aromatic carbocycles. The molecule has 0 spiro atoms. The first-order valence-electron chi connectivity index (χ1n) is 5.07. The van der Waals surface area contributed by atoms with Crippen LogP contribution >= 0.6 is 27.7 Å². The van der Waals surface area contributed by atoms with Crippen molar-refractivity contribution in [2.75, 3.05) is 12.4 Å². The van der Waals surface area contributed by atoms with Crippen LogP contribution in [0.1, 0.15) is 5.56 Å². The molecule has 18 heavy (non-hydrogen) atoms. The van der Waals surface area contributed by atoms with Crippen molar-refractivity contribution in [1.29, 1.82) is 0 Å². The van der Waals surface area contributed by atoms with Gasteiger partial charge in [0.2, 0.25) is 5.91 Å². The van der Waals surface area contributed by atoms with Crippen molar-refractivity contribution in [1.82, 2.24) is 5.48 Å². The summed E-state index contributed by atoms with van der Waals surface area (Å²) in [6.07, 6.45) is 0. The quantitative estimate of drug-likeness (QED) is 0.609. The van der Waals surface area contributed by atoms with Gasteiger partial charge in [0.05, 0.1) is 5.75 Å². The highest BCUT2D eigenvalue weighted by molar-refractivity contribution is 9.10. The van der Waals surface area contributed by atoms with Crippen LogP contribution in [-0.4, -0.2) is 24.2 Å². The first-order chi connectivity index (χ1) is 8.49. The molecule has 0 saturated carbocycles. The number of carbonyl (C=O) groups is 2. The minimum atomic E-state index is -0.633. The molecule has 3 N–H and O–H groups in total. The van der Waals surface area contributed by atoms with Crippen molar-refractivity contribution >= 4 is 39.5 Å². The highest BCUT2D eigenvalue weighted by atomic mass is 79.9. The smallest absolute Gasteiger partial charge is 0.253 e. The molecule has 0 aliphatic rings. The van der Waals surface area contributed by atoms with Gasteiger partial charge in [-0.05, 0) is 30.7 Å². The molecule has 0 atom stereocenters. The minimum absolute atomic E-state index is 0.210. The minimum Gasteiger partial charge on any atom is -0.368 e. The van der Waals surface area contributed by atoms with E-state index in [1.54, 1.807) is 0 Å². The fourth-order valence-electron chi connectivity index (χ4n) is 1.14. The number of benzene rings is 1. The number of halogens is 1. The molecule has 98 valence electrons. The van der Waals surface area contributed by atoms with Crippen molar-refractivity contribution < 1.29 is 14.4 Å². The maximum absolute atomic E-state index is 11.4. The highest BCUT2D eigenvalue weighted by Gasteiger charge is 2.05. The highest BCUT2D eigenvalue weighted by Crippen LogP contribution is 2.24. The van der Waals surface area contributed by atoms with E-state index >= 15 is 0 Å². The molecule has 0 radical (unpaired) electrons. The molecule has 5 nitrogen and oxygen atoms in total. The van der Waals surface area contributed by atoms with Crippen LogP contribution in [0.5, 0.6) is 0 Å². The fraction of sp³-hybridized carbons (Fsp3) is 0.273. The van der Waals surface area contributed by atoms with Gasteiger partial charge in [-0.25, -0.2) is 5.48 Å². The average Bonchev–Trinajstić information content (AvgIpc) is 2.27. The number of aryl methyl sites for hydroxylation is 1. The molecule has 1 rings (SSSR count). The second kappa shape index (κ2) is 7.40. The van der Waals surface area contributed by atoms with Crippen molar-refractivity contribution in [3.05, 3.63) is 28.2 Å². The van der Waals surface area contributed by atoms with Gasteiger partial charge < -0.3 is 5.73 Å². The number of nitrogens with two attached hydrogens (primary N) is 1. The zero-order chi connectivity index (χ0) is 13.5. The van der Waals surface area contributed by atoms with Gasteiger partial charge in [-0.1, -0.05) is 15.9 Å². The largest absolute Gasteiger partial charge is 0.368 e. The summed E-state index contributed by atoms with van der Waals surface area (Å²) in [7, 11) is 0. The van der Waals surface area contributed by atoms with Crippen molar-refractivity contribution in [3.8, 4) is 0 Å². The van der Waals surface area contributed by atoms with Gasteiger partial charge in [0.25, 0.3) is 5.91 Å². The van der Waals surface area contributed by atoms with E-state index in [9.17, 15) is 9.59 Å². The Bertz CT molecular complexity index is 454. The number of hydrogen-bond acceptors (Lipinski definition) is 4. The van der Waals surface area contributed by atoms with E-state index < -0.39 is 5.91 Å². The Kier molecular flexibility index (Phi) is 6.17. The molecule has 0 bridgehead atoms. The standard InChI is InChI=1S/C11H13BrN2O3S/c1-7-4-8(12)2-3-9(7)18-6-11(16)14-17-5-10(13)15/h2-4H,5-6H2,1H3,(H2,13,15)(H,14,16). The van der Waals surface area contributed by atoms with Gasteiger partial charge >= 0.3 is 0 Å². The lowest BCUT2D eigenvalue weighted by atomic mass is 10.2. The summed E-state index contributed by atoms with van der Waals surface area (Å²) in [5.41, 5.74) is 8.08. The molecule has 0 saturated heterocycles. The zero-order valence-electron chi connectivity index (χ0n) is 9.73. The van der Waals surface area contributed by atoms with Crippen LogP contribution in [-0.2, 0) is 14.4 Å². The average molecular weight is 333 g/mol. The summed E-state index contributed by atoms with van der Waals surface area (Å²) >= 11 is 4.77. The molecule has 0 heterocycles. The number of hydroxylamine groups is 1. The number of hydrogen-bond donors (Lipinski definition) is 2. The predicted molar refractivity (Wildman–Crippen MR) is 72.9 cm³/mol. The molecule has 2 amide bonds. The second-order valence-corrected chi connectivity index (χ2v) is 5.41. The Balaban J connectivity index is 2.36. The Morgan fingerprint density at radius 2 is 2.22 bits per heavy atom. The van der Waals surface area contributed by atoms with Crippen LogP contribution < -0.4 is 11.2 Å². The molecule has 7 heteroatoms. The Morgan fingerprint density at radius 3 is 2.83 bits per heavy atom. The summed E-state index contributed by atoms with van der Waals surface area (Å²) in [5.74, 6) is -0.739. The summed E-state index contributed by atoms with van der Waals surface area (Å²) in [5, 5.41) is 0. The van der Waals surface area contributed by atoms with E-state index in [2.05, 4.69) is 26.2 Å². The second-order valence-electron chi connectivity index (χ2n) is 3.48. The number of amides is 2.